The fraction of sp³-hybridized carbons (Fsp3) is 0.377. The molecule has 0 bridgehead atoms. The second kappa shape index (κ2) is 21.1. The molecule has 364 valence electrons. The summed E-state index contributed by atoms with van der Waals surface area (Å²) in [6, 6.07) is 24.1. The minimum atomic E-state index is -0.944. The highest BCUT2D eigenvalue weighted by molar-refractivity contribution is 7.81. The first kappa shape index (κ1) is 49.7. The largest absolute Gasteiger partial charge is 0.493 e. The Bertz CT molecular complexity index is 2840. The number of hydrogen-bond donors (Lipinski definition) is 2. The topological polar surface area (TPSA) is 158 Å². The van der Waals surface area contributed by atoms with E-state index in [4.69, 9.17) is 33.0 Å². The number of carbonyl (C=O) groups is 4. The van der Waals surface area contributed by atoms with Gasteiger partial charge in [0.1, 0.15) is 35.7 Å². The van der Waals surface area contributed by atoms with Crippen LogP contribution in [0.5, 0.6) is 11.5 Å². The molecule has 70 heavy (non-hydrogen) atoms. The van der Waals surface area contributed by atoms with Crippen molar-refractivity contribution in [3.8, 4) is 21.9 Å². The van der Waals surface area contributed by atoms with Crippen LogP contribution in [-0.4, -0.2) is 105 Å². The molecule has 15 nitrogen and oxygen atoms in total. The van der Waals surface area contributed by atoms with E-state index >= 15 is 0 Å². The van der Waals surface area contributed by atoms with Gasteiger partial charge in [-0.15, -0.1) is 11.3 Å². The van der Waals surface area contributed by atoms with Gasteiger partial charge in [-0.1, -0.05) is 50.2 Å². The van der Waals surface area contributed by atoms with Gasteiger partial charge in [0.15, 0.2) is 10.8 Å². The van der Waals surface area contributed by atoms with Crippen molar-refractivity contribution in [1.29, 1.82) is 0 Å². The summed E-state index contributed by atoms with van der Waals surface area (Å²) >= 11 is 7.37. The summed E-state index contributed by atoms with van der Waals surface area (Å²) in [5.74, 6) is -0.150. The standard InChI is InChI=1S/C53H57N7O8S2/c1-32(2)46(58-29-37-11-8-9-12-42(37)49(58)63)50(64)57-30-40(61)27-44(57)48(62)55-28-36-14-13-35(47-34(4)56-31-70-47)26-45(36)68-22-10-21-66-23-24-67-41-18-15-38(16-19-41)60-52(69)59(51(65)53(60,5)6)39-17-20-43(54-7)33(3)25-39/h8-9,11-20,25-26,31-32,40,44,46,61H,10,21-24,27-30H2,1-6H3,(H,55,62)/t40-,44+,46+/m1/s1. The van der Waals surface area contributed by atoms with Crippen LogP contribution in [0.2, 0.25) is 0 Å². The number of ether oxygens (including phenoxy) is 3. The maximum atomic E-state index is 14.3. The number of nitrogens with one attached hydrogen (secondary N) is 1. The molecule has 0 spiro atoms. The van der Waals surface area contributed by atoms with Gasteiger partial charge in [-0.3, -0.25) is 24.1 Å². The maximum absolute atomic E-state index is 14.3. The molecule has 4 heterocycles. The Hall–Kier alpha value is -6.71. The van der Waals surface area contributed by atoms with Gasteiger partial charge in [-0.2, -0.15) is 0 Å². The molecule has 5 aromatic rings. The van der Waals surface area contributed by atoms with Gasteiger partial charge in [0.25, 0.3) is 11.8 Å². The van der Waals surface area contributed by atoms with Gasteiger partial charge >= 0.3 is 0 Å². The molecule has 3 atom stereocenters. The minimum absolute atomic E-state index is 0.00612. The number of aliphatic hydroxyl groups excluding tert-OH is 1. The molecule has 2 fully saturated rings. The number of rotatable bonds is 18. The van der Waals surface area contributed by atoms with E-state index < -0.39 is 29.6 Å². The van der Waals surface area contributed by atoms with Crippen LogP contribution in [0.3, 0.4) is 0 Å². The van der Waals surface area contributed by atoms with Gasteiger partial charge < -0.3 is 39.3 Å². The van der Waals surface area contributed by atoms with Gasteiger partial charge in [-0.25, -0.2) is 9.83 Å². The minimum Gasteiger partial charge on any atom is -0.493 e. The summed E-state index contributed by atoms with van der Waals surface area (Å²) in [6.07, 6.45) is -0.228. The monoisotopic (exact) mass is 983 g/mol. The Labute approximate surface area is 417 Å². The van der Waals surface area contributed by atoms with E-state index in [9.17, 15) is 24.3 Å². The normalized spacial score (nSPS) is 17.8. The molecule has 2 N–H and O–H groups in total. The molecule has 2 saturated heterocycles. The van der Waals surface area contributed by atoms with Crippen molar-refractivity contribution in [2.24, 2.45) is 5.92 Å². The van der Waals surface area contributed by atoms with Crippen LogP contribution in [0, 0.1) is 26.3 Å². The highest BCUT2D eigenvalue weighted by Crippen LogP contribution is 2.39. The first-order chi connectivity index (χ1) is 33.6. The number of aryl methyl sites for hydroxylation is 2. The number of fused-ring (bicyclic) bond motifs is 1. The SMILES string of the molecule is [C-]#[N+]c1ccc(N2C(=O)C(C)(C)N(c3ccc(OCCOCCCOc4cc(-c5scnc5C)ccc4CNC(=O)[C@@H]4C[C@@H](O)CN4C(=O)[C@H](C(C)C)N4Cc5ccccc5C4=O)cc3)C2=S)cc1C. The third kappa shape index (κ3) is 10.1. The molecule has 4 amide bonds. The Morgan fingerprint density at radius 1 is 0.971 bits per heavy atom. The first-order valence-electron chi connectivity index (χ1n) is 23.4. The number of likely N-dealkylation sites (tertiary alicyclic amines) is 1. The molecule has 3 aliphatic rings. The Morgan fingerprint density at radius 3 is 2.43 bits per heavy atom. The third-order valence-electron chi connectivity index (χ3n) is 13.0. The summed E-state index contributed by atoms with van der Waals surface area (Å²) < 4.78 is 18.2. The zero-order valence-electron chi connectivity index (χ0n) is 40.1. The number of hydrogen-bond acceptors (Lipinski definition) is 11. The van der Waals surface area contributed by atoms with Crippen LogP contribution >= 0.6 is 23.6 Å². The molecule has 0 aliphatic carbocycles. The van der Waals surface area contributed by atoms with Crippen molar-refractivity contribution in [2.75, 3.05) is 42.8 Å². The number of anilines is 2. The summed E-state index contributed by atoms with van der Waals surface area (Å²) in [6.45, 7) is 20.4. The average molecular weight is 984 g/mol. The quantitative estimate of drug-likeness (QED) is 0.0498. The Morgan fingerprint density at radius 2 is 1.73 bits per heavy atom. The molecule has 0 unspecified atom stereocenters. The molecule has 4 aromatic carbocycles. The van der Waals surface area contributed by atoms with Crippen LogP contribution in [0.15, 0.2) is 90.4 Å². The van der Waals surface area contributed by atoms with Crippen molar-refractivity contribution >= 4 is 69.4 Å². The van der Waals surface area contributed by atoms with Crippen LogP contribution in [0.1, 0.15) is 73.3 Å². The zero-order chi connectivity index (χ0) is 49.9. The van der Waals surface area contributed by atoms with Crippen molar-refractivity contribution in [3.63, 3.8) is 0 Å². The van der Waals surface area contributed by atoms with Crippen LogP contribution in [0.25, 0.3) is 15.3 Å². The molecule has 1 aromatic heterocycles. The number of thiazole rings is 1. The predicted molar refractivity (Wildman–Crippen MR) is 272 cm³/mol. The average Bonchev–Trinajstić information content (AvgIpc) is 4.08. The summed E-state index contributed by atoms with van der Waals surface area (Å²) in [5, 5.41) is 14.1. The van der Waals surface area contributed by atoms with Gasteiger partial charge in [0.05, 0.1) is 42.0 Å². The molecule has 8 rings (SSSR count). The third-order valence-corrected chi connectivity index (χ3v) is 14.3. The highest BCUT2D eigenvalue weighted by Gasteiger charge is 2.50. The number of amides is 4. The van der Waals surface area contributed by atoms with Crippen molar-refractivity contribution < 1.29 is 38.5 Å². The fourth-order valence-electron chi connectivity index (χ4n) is 9.33. The number of carbonyl (C=O) groups excluding carboxylic acids is 4. The molecular formula is C53H57N7O8S2. The van der Waals surface area contributed by atoms with Crippen LogP contribution in [0.4, 0.5) is 17.1 Å². The lowest BCUT2D eigenvalue weighted by Gasteiger charge is -2.35. The van der Waals surface area contributed by atoms with Gasteiger partial charge in [0.2, 0.25) is 11.8 Å². The predicted octanol–water partition coefficient (Wildman–Crippen LogP) is 8.02. The molecular weight excluding hydrogens is 927 g/mol. The van der Waals surface area contributed by atoms with Crippen molar-refractivity contribution in [2.45, 2.75) is 91.2 Å². The van der Waals surface area contributed by atoms with Crippen LogP contribution < -0.4 is 24.6 Å². The summed E-state index contributed by atoms with van der Waals surface area (Å²) in [4.78, 5) is 70.6. The number of nitrogens with zero attached hydrogens (tertiary/aromatic N) is 6. The van der Waals surface area contributed by atoms with Crippen molar-refractivity contribution in [1.82, 2.24) is 20.1 Å². The van der Waals surface area contributed by atoms with E-state index in [-0.39, 0.29) is 43.1 Å². The first-order valence-corrected chi connectivity index (χ1v) is 24.7. The van der Waals surface area contributed by atoms with E-state index in [2.05, 4.69) is 15.1 Å². The number of β-amino-alcohol motifs (C(OH)–C–C–N with tert-alkyl or cyclic N) is 1. The zero-order valence-corrected chi connectivity index (χ0v) is 41.8. The van der Waals surface area contributed by atoms with Crippen molar-refractivity contribution in [3.05, 3.63) is 130 Å². The van der Waals surface area contributed by atoms with E-state index in [1.807, 2.05) is 107 Å². The van der Waals surface area contributed by atoms with Crippen LogP contribution in [-0.2, 0) is 32.2 Å². The maximum Gasteiger partial charge on any atom is 0.259 e. The number of aromatic nitrogens is 1. The van der Waals surface area contributed by atoms with Gasteiger partial charge in [0, 0.05) is 61.6 Å². The summed E-state index contributed by atoms with van der Waals surface area (Å²) in [7, 11) is 0. The highest BCUT2D eigenvalue weighted by atomic mass is 32.1. The lowest BCUT2D eigenvalue weighted by atomic mass is 10.0. The van der Waals surface area contributed by atoms with Gasteiger partial charge in [-0.05, 0) is 111 Å². The lowest BCUT2D eigenvalue weighted by Crippen LogP contribution is -2.55. The van der Waals surface area contributed by atoms with E-state index in [1.54, 1.807) is 34.7 Å². The number of thiocarbonyl (C=S) groups is 1. The molecule has 3 aliphatic heterocycles. The van der Waals surface area contributed by atoms with E-state index in [0.717, 1.165) is 38.5 Å². The molecule has 17 heteroatoms. The smallest absolute Gasteiger partial charge is 0.259 e. The molecule has 0 radical (unpaired) electrons. The second-order valence-electron chi connectivity index (χ2n) is 18.5. The lowest BCUT2D eigenvalue weighted by molar-refractivity contribution is -0.143. The number of benzene rings is 4. The number of aliphatic hydroxyl groups is 1. The fourth-order valence-corrected chi connectivity index (χ4v) is 10.7. The Balaban J connectivity index is 0.831. The second-order valence-corrected chi connectivity index (χ2v) is 19.8. The van der Waals surface area contributed by atoms with E-state index in [1.165, 1.54) is 21.1 Å². The van der Waals surface area contributed by atoms with E-state index in [0.29, 0.717) is 72.9 Å². The Kier molecular flexibility index (Phi) is 15.0. The molecule has 0 saturated carbocycles. The summed E-state index contributed by atoms with van der Waals surface area (Å²) in [5.41, 5.74) is 7.50.